The first-order valence-corrected chi connectivity index (χ1v) is 15.7. The average molecular weight is 455 g/mol. The highest BCUT2D eigenvalue weighted by Gasteiger charge is 2.36. The molecular weight excluding hydrogens is 405 g/mol. The van der Waals surface area contributed by atoms with Crippen molar-refractivity contribution in [2.24, 2.45) is 11.8 Å². The van der Waals surface area contributed by atoms with Crippen molar-refractivity contribution in [3.63, 3.8) is 0 Å². The largest absolute Gasteiger partial charge is 0.318 e. The highest BCUT2D eigenvalue weighted by atomic mass is 32.9. The maximum Gasteiger partial charge on any atom is 0.305 e. The zero-order chi connectivity index (χ0) is 21.5. The molecule has 0 fully saturated rings. The van der Waals surface area contributed by atoms with Gasteiger partial charge in [-0.05, 0) is 57.3 Å². The second-order valence-corrected chi connectivity index (χ2v) is 15.1. The molecule has 0 atom stereocenters. The van der Waals surface area contributed by atoms with E-state index in [1.165, 1.54) is 38.5 Å². The molecule has 0 radical (unpaired) electrons. The second-order valence-electron chi connectivity index (χ2n) is 8.69. The van der Waals surface area contributed by atoms with Crippen molar-refractivity contribution >= 4 is 29.1 Å². The van der Waals surface area contributed by atoms with Gasteiger partial charge in [0, 0.05) is 0 Å². The zero-order valence-electron chi connectivity index (χ0n) is 19.9. The summed E-state index contributed by atoms with van der Waals surface area (Å²) in [4.78, 5) is 0. The summed E-state index contributed by atoms with van der Waals surface area (Å²) in [5, 5.41) is 0. The summed E-state index contributed by atoms with van der Waals surface area (Å²) >= 11 is 7.80. The number of hydrogen-bond donors (Lipinski definition) is 0. The van der Waals surface area contributed by atoms with Crippen molar-refractivity contribution in [1.29, 1.82) is 0 Å². The van der Waals surface area contributed by atoms with Gasteiger partial charge in [0.15, 0.2) is 11.6 Å². The highest BCUT2D eigenvalue weighted by molar-refractivity contribution is 8.65. The van der Waals surface area contributed by atoms with Crippen LogP contribution in [0.4, 0.5) is 0 Å². The minimum Gasteiger partial charge on any atom is -0.318 e. The van der Waals surface area contributed by atoms with Crippen LogP contribution in [-0.2, 0) is 20.9 Å². The summed E-state index contributed by atoms with van der Waals surface area (Å²) in [5.41, 5.74) is -2.30. The first-order chi connectivity index (χ1) is 13.2. The molecule has 0 aliphatic carbocycles. The molecule has 6 heteroatoms. The van der Waals surface area contributed by atoms with E-state index < -0.39 is 5.69 Å². The standard InChI is InChI=1S/C22H49NO2PS2/c1-8-23(9-2,10-3)28-26(27,24-19-15-11-13-17-21(4)5)25-20-16-12-14-18-22(6)7/h21-22H,8-20H2,1-7H3/q+1. The smallest absolute Gasteiger partial charge is 0.305 e. The first-order valence-electron chi connectivity index (χ1n) is 11.7. The zero-order valence-corrected chi connectivity index (χ0v) is 22.4. The van der Waals surface area contributed by atoms with E-state index in [9.17, 15) is 0 Å². The number of hydrogen-bond acceptors (Lipinski definition) is 4. The van der Waals surface area contributed by atoms with Crippen LogP contribution in [0.15, 0.2) is 0 Å². The lowest BCUT2D eigenvalue weighted by Gasteiger charge is -2.36. The van der Waals surface area contributed by atoms with Gasteiger partial charge in [-0.15, -0.1) is 0 Å². The Bertz CT molecular complexity index is 383. The van der Waals surface area contributed by atoms with Gasteiger partial charge in [0.25, 0.3) is 0 Å². The van der Waals surface area contributed by atoms with Crippen molar-refractivity contribution in [2.45, 2.75) is 99.8 Å². The molecule has 0 aromatic rings. The molecule has 0 unspecified atom stereocenters. The summed E-state index contributed by atoms with van der Waals surface area (Å²) in [6.07, 6.45) is 9.81. The van der Waals surface area contributed by atoms with Crippen LogP contribution < -0.4 is 0 Å². The molecule has 0 N–H and O–H groups in total. The summed E-state index contributed by atoms with van der Waals surface area (Å²) in [6, 6.07) is 0. The molecule has 0 aliphatic heterocycles. The predicted molar refractivity (Wildman–Crippen MR) is 132 cm³/mol. The van der Waals surface area contributed by atoms with Gasteiger partial charge in [0.2, 0.25) is 0 Å². The molecule has 0 heterocycles. The van der Waals surface area contributed by atoms with E-state index in [1.54, 1.807) is 11.6 Å². The van der Waals surface area contributed by atoms with Crippen LogP contribution in [0, 0.1) is 11.8 Å². The van der Waals surface area contributed by atoms with E-state index in [2.05, 4.69) is 48.5 Å². The van der Waals surface area contributed by atoms with E-state index in [1.807, 2.05) is 0 Å². The minimum absolute atomic E-state index is 0.743. The quantitative estimate of drug-likeness (QED) is 0.0847. The fraction of sp³-hybridized carbons (Fsp3) is 1.00. The lowest BCUT2D eigenvalue weighted by molar-refractivity contribution is -0.787. The number of unbranched alkanes of at least 4 members (excludes halogenated alkanes) is 4. The second kappa shape index (κ2) is 16.6. The van der Waals surface area contributed by atoms with Gasteiger partial charge in [-0.2, -0.15) is 0 Å². The van der Waals surface area contributed by atoms with Crippen molar-refractivity contribution in [3.8, 4) is 0 Å². The average Bonchev–Trinajstić information content (AvgIpc) is 2.65. The Labute approximate surface area is 186 Å². The maximum atomic E-state index is 6.29. The Balaban J connectivity index is 4.57. The van der Waals surface area contributed by atoms with Gasteiger partial charge in [-0.25, -0.2) is 0 Å². The summed E-state index contributed by atoms with van der Waals surface area (Å²) in [6.45, 7) is 20.6. The van der Waals surface area contributed by atoms with Crippen molar-refractivity contribution in [2.75, 3.05) is 32.8 Å². The lowest BCUT2D eigenvalue weighted by Crippen LogP contribution is -2.40. The molecule has 0 spiro atoms. The summed E-state index contributed by atoms with van der Waals surface area (Å²) in [5.74, 6) is 1.58. The fourth-order valence-corrected chi connectivity index (χ4v) is 9.56. The van der Waals surface area contributed by atoms with Crippen molar-refractivity contribution in [1.82, 2.24) is 0 Å². The molecule has 0 bridgehead atoms. The topological polar surface area (TPSA) is 18.5 Å². The van der Waals surface area contributed by atoms with E-state index >= 15 is 0 Å². The van der Waals surface area contributed by atoms with Gasteiger partial charge in [-0.1, -0.05) is 66.2 Å². The molecule has 170 valence electrons. The van der Waals surface area contributed by atoms with Crippen LogP contribution in [0.2, 0.25) is 0 Å². The summed E-state index contributed by atoms with van der Waals surface area (Å²) < 4.78 is 13.5. The molecule has 0 aromatic heterocycles. The monoisotopic (exact) mass is 454 g/mol. The van der Waals surface area contributed by atoms with Gasteiger partial charge in [-0.3, -0.25) is 3.89 Å². The van der Waals surface area contributed by atoms with Crippen molar-refractivity contribution < 1.29 is 12.9 Å². The highest BCUT2D eigenvalue weighted by Crippen LogP contribution is 2.64. The molecule has 0 saturated heterocycles. The van der Waals surface area contributed by atoms with Crippen LogP contribution in [0.1, 0.15) is 99.8 Å². The van der Waals surface area contributed by atoms with Crippen molar-refractivity contribution in [3.05, 3.63) is 0 Å². The lowest BCUT2D eigenvalue weighted by atomic mass is 10.1. The molecule has 0 aromatic carbocycles. The first kappa shape index (κ1) is 28.9. The number of rotatable bonds is 19. The predicted octanol–water partition coefficient (Wildman–Crippen LogP) is 8.20. The van der Waals surface area contributed by atoms with Gasteiger partial charge in [0.05, 0.1) is 32.8 Å². The SMILES string of the molecule is CC[N+](CC)(CC)SP(=S)(OCCCCCC(C)C)OCCCCCC(C)C. The van der Waals surface area contributed by atoms with Crippen LogP contribution in [-0.4, -0.2) is 36.7 Å². The molecule has 28 heavy (non-hydrogen) atoms. The molecule has 0 saturated carbocycles. The third-order valence-electron chi connectivity index (χ3n) is 5.35. The van der Waals surface area contributed by atoms with Gasteiger partial charge >= 0.3 is 5.69 Å². The maximum absolute atomic E-state index is 6.29. The van der Waals surface area contributed by atoms with E-state index in [4.69, 9.17) is 20.9 Å². The Kier molecular flexibility index (Phi) is 17.1. The Morgan fingerprint density at radius 3 is 1.43 bits per heavy atom. The Hall–Kier alpha value is 0.880. The molecule has 0 aliphatic rings. The Morgan fingerprint density at radius 1 is 0.714 bits per heavy atom. The van der Waals surface area contributed by atoms with Crippen LogP contribution >= 0.6 is 17.3 Å². The third-order valence-corrected chi connectivity index (χ3v) is 11.2. The molecular formula is C22H49NO2PS2+. The van der Waals surface area contributed by atoms with Crippen LogP contribution in [0.3, 0.4) is 0 Å². The third kappa shape index (κ3) is 14.0. The van der Waals surface area contributed by atoms with Gasteiger partial charge in [0.1, 0.15) is 0 Å². The van der Waals surface area contributed by atoms with E-state index in [0.717, 1.165) is 61.4 Å². The van der Waals surface area contributed by atoms with Crippen LogP contribution in [0.25, 0.3) is 0 Å². The van der Waals surface area contributed by atoms with E-state index in [-0.39, 0.29) is 0 Å². The number of nitrogens with zero attached hydrogens (tertiary/aromatic N) is 1. The fourth-order valence-electron chi connectivity index (χ4n) is 3.16. The Morgan fingerprint density at radius 2 is 1.11 bits per heavy atom. The van der Waals surface area contributed by atoms with Gasteiger partial charge < -0.3 is 9.05 Å². The normalized spacial score (nSPS) is 13.0. The van der Waals surface area contributed by atoms with Crippen LogP contribution in [0.5, 0.6) is 0 Å². The molecule has 0 amide bonds. The van der Waals surface area contributed by atoms with E-state index in [0.29, 0.717) is 0 Å². The minimum atomic E-state index is -2.30. The molecule has 0 rings (SSSR count). The molecule has 3 nitrogen and oxygen atoms in total. The number of quaternary nitrogens is 1. The summed E-state index contributed by atoms with van der Waals surface area (Å²) in [7, 11) is 0.